The fourth-order valence-corrected chi connectivity index (χ4v) is 3.28. The first-order valence-electron chi connectivity index (χ1n) is 8.99. The van der Waals surface area contributed by atoms with Crippen LogP contribution in [0, 0.1) is 0 Å². The van der Waals surface area contributed by atoms with Crippen molar-refractivity contribution in [1.29, 1.82) is 0 Å². The molecular formula is C21H24Cl2N2O3. The zero-order chi connectivity index (χ0) is 20.7. The van der Waals surface area contributed by atoms with Crippen molar-refractivity contribution < 1.29 is 14.3 Å². The minimum Gasteiger partial charge on any atom is -0.497 e. The molecule has 1 N–H and O–H groups in total. The summed E-state index contributed by atoms with van der Waals surface area (Å²) in [5.41, 5.74) is 1.53. The van der Waals surface area contributed by atoms with Gasteiger partial charge >= 0.3 is 0 Å². The van der Waals surface area contributed by atoms with E-state index in [1.54, 1.807) is 37.1 Å². The Kier molecular flexibility index (Phi) is 8.15. The van der Waals surface area contributed by atoms with Gasteiger partial charge in [0.25, 0.3) is 0 Å². The Morgan fingerprint density at radius 1 is 1.18 bits per heavy atom. The van der Waals surface area contributed by atoms with Crippen LogP contribution in [-0.2, 0) is 22.6 Å². The summed E-state index contributed by atoms with van der Waals surface area (Å²) in [4.78, 5) is 27.0. The van der Waals surface area contributed by atoms with Crippen LogP contribution in [0.2, 0.25) is 10.0 Å². The third-order valence-electron chi connectivity index (χ3n) is 4.36. The maximum atomic E-state index is 13.1. The lowest BCUT2D eigenvalue weighted by molar-refractivity contribution is -0.140. The van der Waals surface area contributed by atoms with Crippen molar-refractivity contribution in [2.75, 3.05) is 13.7 Å². The van der Waals surface area contributed by atoms with Gasteiger partial charge in [0, 0.05) is 23.1 Å². The number of ether oxygens (including phenoxy) is 1. The largest absolute Gasteiger partial charge is 0.497 e. The standard InChI is InChI=1S/C21H24Cl2N2O3/c1-4-24-21(27)14(2)25(13-15-6-5-7-18(10-15)28-3)20(26)11-16-8-9-17(22)12-19(16)23/h5-10,12,14H,4,11,13H2,1-3H3,(H,24,27)/t14-/m1/s1. The monoisotopic (exact) mass is 422 g/mol. The molecule has 5 nitrogen and oxygen atoms in total. The number of halogens is 2. The van der Waals surface area contributed by atoms with E-state index in [1.807, 2.05) is 31.2 Å². The minimum atomic E-state index is -0.635. The fourth-order valence-electron chi connectivity index (χ4n) is 2.80. The second-order valence-corrected chi connectivity index (χ2v) is 7.20. The molecular weight excluding hydrogens is 399 g/mol. The molecule has 2 aromatic rings. The van der Waals surface area contributed by atoms with Gasteiger partial charge in [-0.2, -0.15) is 0 Å². The van der Waals surface area contributed by atoms with Crippen molar-refractivity contribution >= 4 is 35.0 Å². The van der Waals surface area contributed by atoms with Crippen molar-refractivity contribution in [3.8, 4) is 5.75 Å². The second kappa shape index (κ2) is 10.3. The molecule has 150 valence electrons. The van der Waals surface area contributed by atoms with Crippen molar-refractivity contribution in [2.45, 2.75) is 32.9 Å². The molecule has 7 heteroatoms. The second-order valence-electron chi connectivity index (χ2n) is 6.36. The summed E-state index contributed by atoms with van der Waals surface area (Å²) in [5, 5.41) is 3.70. The Labute approximate surface area is 175 Å². The molecule has 0 spiro atoms. The number of nitrogens with one attached hydrogen (secondary N) is 1. The first kappa shape index (κ1) is 22.1. The van der Waals surface area contributed by atoms with E-state index in [0.717, 1.165) is 5.56 Å². The summed E-state index contributed by atoms with van der Waals surface area (Å²) in [6.45, 7) is 4.33. The number of amides is 2. The SMILES string of the molecule is CCNC(=O)[C@@H](C)N(Cc1cccc(OC)c1)C(=O)Cc1ccc(Cl)cc1Cl. The van der Waals surface area contributed by atoms with E-state index in [2.05, 4.69) is 5.32 Å². The minimum absolute atomic E-state index is 0.0731. The maximum Gasteiger partial charge on any atom is 0.242 e. The van der Waals surface area contributed by atoms with Crippen LogP contribution < -0.4 is 10.1 Å². The fraction of sp³-hybridized carbons (Fsp3) is 0.333. The lowest BCUT2D eigenvalue weighted by Crippen LogP contribution is -2.48. The lowest BCUT2D eigenvalue weighted by atomic mass is 10.1. The molecule has 2 aromatic carbocycles. The molecule has 2 rings (SSSR count). The van der Waals surface area contributed by atoms with E-state index in [1.165, 1.54) is 0 Å². The zero-order valence-electron chi connectivity index (χ0n) is 16.2. The normalized spacial score (nSPS) is 11.6. The van der Waals surface area contributed by atoms with Crippen molar-refractivity contribution in [1.82, 2.24) is 10.2 Å². The van der Waals surface area contributed by atoms with Crippen molar-refractivity contribution in [3.05, 3.63) is 63.6 Å². The highest BCUT2D eigenvalue weighted by Gasteiger charge is 2.26. The highest BCUT2D eigenvalue weighted by molar-refractivity contribution is 6.35. The Bertz CT molecular complexity index is 842. The number of carbonyl (C=O) groups is 2. The summed E-state index contributed by atoms with van der Waals surface area (Å²) in [5.74, 6) is 0.281. The van der Waals surface area contributed by atoms with Gasteiger partial charge in [-0.3, -0.25) is 9.59 Å². The molecule has 1 atom stereocenters. The molecule has 0 bridgehead atoms. The molecule has 0 aliphatic heterocycles. The summed E-state index contributed by atoms with van der Waals surface area (Å²) in [7, 11) is 1.59. The molecule has 0 aliphatic rings. The third kappa shape index (κ3) is 5.88. The van der Waals surface area contributed by atoms with Crippen LogP contribution in [-0.4, -0.2) is 36.4 Å². The van der Waals surface area contributed by atoms with Gasteiger partial charge in [-0.05, 0) is 49.2 Å². The van der Waals surface area contributed by atoms with Crippen LogP contribution in [0.25, 0.3) is 0 Å². The molecule has 0 aromatic heterocycles. The van der Waals surface area contributed by atoms with Crippen LogP contribution in [0.1, 0.15) is 25.0 Å². The first-order valence-corrected chi connectivity index (χ1v) is 9.75. The molecule has 0 saturated heterocycles. The number of nitrogens with zero attached hydrogens (tertiary/aromatic N) is 1. The molecule has 0 radical (unpaired) electrons. The number of carbonyl (C=O) groups excluding carboxylic acids is 2. The molecule has 28 heavy (non-hydrogen) atoms. The summed E-state index contributed by atoms with van der Waals surface area (Å²) in [6, 6.07) is 11.8. The predicted octanol–water partition coefficient (Wildman–Crippen LogP) is 4.10. The van der Waals surface area contributed by atoms with Gasteiger partial charge in [-0.15, -0.1) is 0 Å². The van der Waals surface area contributed by atoms with Gasteiger partial charge in [0.1, 0.15) is 11.8 Å². The van der Waals surface area contributed by atoms with Gasteiger partial charge in [0.2, 0.25) is 11.8 Å². The van der Waals surface area contributed by atoms with E-state index in [9.17, 15) is 9.59 Å². The van der Waals surface area contributed by atoms with Gasteiger partial charge in [-0.1, -0.05) is 41.4 Å². The van der Waals surface area contributed by atoms with Crippen molar-refractivity contribution in [3.63, 3.8) is 0 Å². The molecule has 0 unspecified atom stereocenters. The number of hydrogen-bond donors (Lipinski definition) is 1. The average Bonchev–Trinajstić information content (AvgIpc) is 2.68. The van der Waals surface area contributed by atoms with Gasteiger partial charge in [0.05, 0.1) is 13.5 Å². The number of rotatable bonds is 8. The quantitative estimate of drug-likeness (QED) is 0.696. The van der Waals surface area contributed by atoms with E-state index in [0.29, 0.717) is 27.9 Å². The molecule has 0 aliphatic carbocycles. The number of methoxy groups -OCH3 is 1. The average molecular weight is 423 g/mol. The lowest BCUT2D eigenvalue weighted by Gasteiger charge is -2.29. The molecule has 0 fully saturated rings. The van der Waals surface area contributed by atoms with Crippen molar-refractivity contribution in [2.24, 2.45) is 0 Å². The smallest absolute Gasteiger partial charge is 0.242 e. The Balaban J connectivity index is 2.27. The van der Waals surface area contributed by atoms with E-state index < -0.39 is 6.04 Å². The van der Waals surface area contributed by atoms with Gasteiger partial charge in [-0.25, -0.2) is 0 Å². The Hall–Kier alpha value is -2.24. The molecule has 2 amide bonds. The van der Waals surface area contributed by atoms with E-state index in [-0.39, 0.29) is 24.8 Å². The predicted molar refractivity (Wildman–Crippen MR) is 112 cm³/mol. The topological polar surface area (TPSA) is 58.6 Å². The first-order chi connectivity index (χ1) is 13.3. The van der Waals surface area contributed by atoms with Gasteiger partial charge in [0.15, 0.2) is 0 Å². The number of likely N-dealkylation sites (N-methyl/N-ethyl adjacent to an activating group) is 1. The highest BCUT2D eigenvalue weighted by atomic mass is 35.5. The number of benzene rings is 2. The summed E-state index contributed by atoms with van der Waals surface area (Å²) in [6.07, 6.45) is 0.0731. The van der Waals surface area contributed by atoms with Crippen LogP contribution in [0.15, 0.2) is 42.5 Å². The highest BCUT2D eigenvalue weighted by Crippen LogP contribution is 2.23. The van der Waals surface area contributed by atoms with Crippen LogP contribution in [0.3, 0.4) is 0 Å². The Morgan fingerprint density at radius 3 is 2.57 bits per heavy atom. The number of hydrogen-bond acceptors (Lipinski definition) is 3. The van der Waals surface area contributed by atoms with E-state index >= 15 is 0 Å². The third-order valence-corrected chi connectivity index (χ3v) is 4.95. The molecule has 0 heterocycles. The summed E-state index contributed by atoms with van der Waals surface area (Å²) < 4.78 is 5.25. The van der Waals surface area contributed by atoms with Crippen LogP contribution in [0.4, 0.5) is 0 Å². The van der Waals surface area contributed by atoms with E-state index in [4.69, 9.17) is 27.9 Å². The maximum absolute atomic E-state index is 13.1. The van der Waals surface area contributed by atoms with Crippen LogP contribution >= 0.6 is 23.2 Å². The Morgan fingerprint density at radius 2 is 1.93 bits per heavy atom. The van der Waals surface area contributed by atoms with Gasteiger partial charge < -0.3 is 15.0 Å². The molecule has 0 saturated carbocycles. The zero-order valence-corrected chi connectivity index (χ0v) is 17.7. The van der Waals surface area contributed by atoms with Crippen LogP contribution in [0.5, 0.6) is 5.75 Å². The summed E-state index contributed by atoms with van der Waals surface area (Å²) >= 11 is 12.2.